The lowest BCUT2D eigenvalue weighted by molar-refractivity contribution is -0.122. The zero-order chi connectivity index (χ0) is 27.9. The third-order valence-electron chi connectivity index (χ3n) is 5.82. The van der Waals surface area contributed by atoms with E-state index in [-0.39, 0.29) is 17.2 Å². The number of hydrogen-bond donors (Lipinski definition) is 1. The van der Waals surface area contributed by atoms with E-state index in [2.05, 4.69) is 28.2 Å². The Bertz CT molecular complexity index is 1410. The fourth-order valence-electron chi connectivity index (χ4n) is 3.78. The molecule has 1 fully saturated rings. The SMILES string of the molecule is CCCCOc1ccc(N2C(=O)NC(=O)/C(=C/c3cc(Cl)c(OCc4ccc(Br)cc4)c(OC)c3)C2=O)cc1. The minimum absolute atomic E-state index is 0.230. The van der Waals surface area contributed by atoms with E-state index in [4.69, 9.17) is 25.8 Å². The first kappa shape index (κ1) is 28.2. The van der Waals surface area contributed by atoms with Gasteiger partial charge in [-0.05, 0) is 72.2 Å². The quantitative estimate of drug-likeness (QED) is 0.159. The van der Waals surface area contributed by atoms with Crippen LogP contribution in [0.25, 0.3) is 6.08 Å². The molecule has 1 N–H and O–H groups in total. The molecule has 0 saturated carbocycles. The van der Waals surface area contributed by atoms with E-state index < -0.39 is 17.8 Å². The second kappa shape index (κ2) is 12.8. The average molecular weight is 614 g/mol. The number of halogens is 2. The van der Waals surface area contributed by atoms with E-state index in [1.165, 1.54) is 13.2 Å². The Morgan fingerprint density at radius 1 is 1.00 bits per heavy atom. The molecule has 1 aliphatic rings. The fourth-order valence-corrected chi connectivity index (χ4v) is 4.32. The van der Waals surface area contributed by atoms with Crippen LogP contribution in [-0.4, -0.2) is 31.6 Å². The maximum absolute atomic E-state index is 13.3. The van der Waals surface area contributed by atoms with Crippen LogP contribution in [0.15, 0.2) is 70.7 Å². The van der Waals surface area contributed by atoms with Gasteiger partial charge < -0.3 is 14.2 Å². The number of ether oxygens (including phenoxy) is 3. The number of carbonyl (C=O) groups excluding carboxylic acids is 3. The number of barbiturate groups is 1. The molecule has 0 radical (unpaired) electrons. The van der Waals surface area contributed by atoms with Crippen molar-refractivity contribution in [3.63, 3.8) is 0 Å². The van der Waals surface area contributed by atoms with Gasteiger partial charge in [-0.2, -0.15) is 0 Å². The molecule has 1 aliphatic heterocycles. The van der Waals surface area contributed by atoms with Gasteiger partial charge in [0, 0.05) is 4.47 Å². The molecular formula is C29H26BrClN2O6. The van der Waals surface area contributed by atoms with Crippen molar-refractivity contribution in [2.45, 2.75) is 26.4 Å². The number of imide groups is 2. The summed E-state index contributed by atoms with van der Waals surface area (Å²) >= 11 is 9.90. The van der Waals surface area contributed by atoms with Crippen molar-refractivity contribution in [2.24, 2.45) is 0 Å². The van der Waals surface area contributed by atoms with Gasteiger partial charge in [0.05, 0.1) is 24.4 Å². The molecule has 4 amide bonds. The number of nitrogens with one attached hydrogen (secondary N) is 1. The van der Waals surface area contributed by atoms with Gasteiger partial charge in [0.25, 0.3) is 11.8 Å². The zero-order valence-electron chi connectivity index (χ0n) is 21.3. The summed E-state index contributed by atoms with van der Waals surface area (Å²) in [5.74, 6) is -0.322. The minimum atomic E-state index is -0.839. The zero-order valence-corrected chi connectivity index (χ0v) is 23.7. The first-order valence-corrected chi connectivity index (χ1v) is 13.4. The number of anilines is 1. The summed E-state index contributed by atoms with van der Waals surface area (Å²) in [5, 5.41) is 2.45. The van der Waals surface area contributed by atoms with E-state index in [0.717, 1.165) is 27.8 Å². The van der Waals surface area contributed by atoms with Crippen LogP contribution in [0.2, 0.25) is 5.02 Å². The summed E-state index contributed by atoms with van der Waals surface area (Å²) in [6.45, 7) is 2.89. The predicted octanol–water partition coefficient (Wildman–Crippen LogP) is 6.54. The van der Waals surface area contributed by atoms with Gasteiger partial charge in [-0.1, -0.05) is 53.0 Å². The van der Waals surface area contributed by atoms with E-state index in [1.807, 2.05) is 24.3 Å². The largest absolute Gasteiger partial charge is 0.494 e. The molecule has 1 saturated heterocycles. The van der Waals surface area contributed by atoms with Gasteiger partial charge in [-0.25, -0.2) is 9.69 Å². The summed E-state index contributed by atoms with van der Waals surface area (Å²) in [5.41, 5.74) is 1.41. The summed E-state index contributed by atoms with van der Waals surface area (Å²) in [4.78, 5) is 39.4. The number of rotatable bonds is 10. The minimum Gasteiger partial charge on any atom is -0.494 e. The molecule has 1 heterocycles. The standard InChI is InChI=1S/C29H26BrClN2O6/c1-3-4-13-38-22-11-9-21(10-12-22)33-28(35)23(27(34)32-29(33)36)14-19-15-24(31)26(25(16-19)37-2)39-17-18-5-7-20(30)8-6-18/h5-12,14-16H,3-4,13,17H2,1-2H3,(H,32,34,36)/b23-14-. The van der Waals surface area contributed by atoms with Crippen molar-refractivity contribution < 1.29 is 28.6 Å². The molecule has 0 aliphatic carbocycles. The van der Waals surface area contributed by atoms with Crippen LogP contribution in [0.1, 0.15) is 30.9 Å². The number of benzene rings is 3. The molecule has 0 unspecified atom stereocenters. The lowest BCUT2D eigenvalue weighted by Gasteiger charge is -2.26. The molecule has 0 aromatic heterocycles. The first-order chi connectivity index (χ1) is 18.8. The summed E-state index contributed by atoms with van der Waals surface area (Å²) in [7, 11) is 1.46. The maximum atomic E-state index is 13.3. The first-order valence-electron chi connectivity index (χ1n) is 12.2. The topological polar surface area (TPSA) is 94.2 Å². The highest BCUT2D eigenvalue weighted by atomic mass is 79.9. The smallest absolute Gasteiger partial charge is 0.335 e. The van der Waals surface area contributed by atoms with Crippen molar-refractivity contribution in [1.82, 2.24) is 5.32 Å². The highest BCUT2D eigenvalue weighted by molar-refractivity contribution is 9.10. The van der Waals surface area contributed by atoms with Crippen molar-refractivity contribution in [3.05, 3.63) is 86.9 Å². The molecule has 0 spiro atoms. The van der Waals surface area contributed by atoms with Crippen LogP contribution in [0, 0.1) is 0 Å². The number of methoxy groups -OCH3 is 1. The number of amides is 4. The Kier molecular flexibility index (Phi) is 9.27. The molecule has 202 valence electrons. The van der Waals surface area contributed by atoms with Gasteiger partial charge in [0.2, 0.25) is 0 Å². The molecule has 3 aromatic carbocycles. The van der Waals surface area contributed by atoms with Gasteiger partial charge in [-0.15, -0.1) is 0 Å². The predicted molar refractivity (Wildman–Crippen MR) is 152 cm³/mol. The van der Waals surface area contributed by atoms with E-state index in [9.17, 15) is 14.4 Å². The molecule has 8 nitrogen and oxygen atoms in total. The Labute approximate surface area is 239 Å². The molecule has 3 aromatic rings. The number of hydrogen-bond acceptors (Lipinski definition) is 6. The van der Waals surface area contributed by atoms with Crippen molar-refractivity contribution in [2.75, 3.05) is 18.6 Å². The normalized spacial score (nSPS) is 14.4. The van der Waals surface area contributed by atoms with Gasteiger partial charge in [-0.3, -0.25) is 14.9 Å². The molecular weight excluding hydrogens is 588 g/mol. The Hall–Kier alpha value is -3.82. The summed E-state index contributed by atoms with van der Waals surface area (Å²) in [6, 6.07) is 16.5. The lowest BCUT2D eigenvalue weighted by atomic mass is 10.1. The number of nitrogens with zero attached hydrogens (tertiary/aromatic N) is 1. The number of urea groups is 1. The van der Waals surface area contributed by atoms with Gasteiger partial charge in [0.15, 0.2) is 11.5 Å². The third kappa shape index (κ3) is 6.79. The van der Waals surface area contributed by atoms with Crippen LogP contribution in [0.3, 0.4) is 0 Å². The van der Waals surface area contributed by atoms with Crippen LogP contribution in [-0.2, 0) is 16.2 Å². The average Bonchev–Trinajstić information content (AvgIpc) is 2.92. The van der Waals surface area contributed by atoms with Gasteiger partial charge in [0.1, 0.15) is 17.9 Å². The summed E-state index contributed by atoms with van der Waals surface area (Å²) in [6.07, 6.45) is 3.27. The maximum Gasteiger partial charge on any atom is 0.335 e. The van der Waals surface area contributed by atoms with Crippen LogP contribution < -0.4 is 24.4 Å². The van der Waals surface area contributed by atoms with Crippen molar-refractivity contribution in [1.29, 1.82) is 0 Å². The lowest BCUT2D eigenvalue weighted by Crippen LogP contribution is -2.54. The Balaban J connectivity index is 1.57. The Morgan fingerprint density at radius 2 is 1.72 bits per heavy atom. The molecule has 10 heteroatoms. The monoisotopic (exact) mass is 612 g/mol. The van der Waals surface area contributed by atoms with Crippen LogP contribution in [0.4, 0.5) is 10.5 Å². The van der Waals surface area contributed by atoms with E-state index in [0.29, 0.717) is 35.1 Å². The van der Waals surface area contributed by atoms with Gasteiger partial charge >= 0.3 is 6.03 Å². The van der Waals surface area contributed by atoms with E-state index in [1.54, 1.807) is 36.4 Å². The number of unbranched alkanes of at least 4 members (excludes halogenated alkanes) is 1. The van der Waals surface area contributed by atoms with E-state index >= 15 is 0 Å². The number of carbonyl (C=O) groups is 3. The van der Waals surface area contributed by atoms with Crippen molar-refractivity contribution in [3.8, 4) is 17.2 Å². The summed E-state index contributed by atoms with van der Waals surface area (Å²) < 4.78 is 18.0. The molecule has 0 bridgehead atoms. The second-order valence-corrected chi connectivity index (χ2v) is 9.93. The molecule has 39 heavy (non-hydrogen) atoms. The second-order valence-electron chi connectivity index (χ2n) is 8.60. The highest BCUT2D eigenvalue weighted by Crippen LogP contribution is 2.38. The van der Waals surface area contributed by atoms with Crippen LogP contribution in [0.5, 0.6) is 17.2 Å². The molecule has 4 rings (SSSR count). The van der Waals surface area contributed by atoms with Crippen LogP contribution >= 0.6 is 27.5 Å². The highest BCUT2D eigenvalue weighted by Gasteiger charge is 2.37. The Morgan fingerprint density at radius 3 is 2.38 bits per heavy atom. The third-order valence-corrected chi connectivity index (χ3v) is 6.63. The molecule has 0 atom stereocenters. The fraction of sp³-hybridized carbons (Fsp3) is 0.207. The van der Waals surface area contributed by atoms with Crippen molar-refractivity contribution >= 4 is 57.1 Å².